The van der Waals surface area contributed by atoms with E-state index < -0.39 is 34.3 Å². The van der Waals surface area contributed by atoms with Crippen LogP contribution in [-0.4, -0.2) is 30.0 Å². The number of rotatable bonds is 5. The predicted octanol–water partition coefficient (Wildman–Crippen LogP) is 4.04. The number of fused-ring (bicyclic) bond motifs is 1. The molecule has 3 atom stereocenters. The average molecular weight is 459 g/mol. The number of hydrogen-bond acceptors (Lipinski definition) is 7. The Morgan fingerprint density at radius 3 is 2.29 bits per heavy atom. The van der Waals surface area contributed by atoms with Gasteiger partial charge in [-0.25, -0.2) is 9.96 Å². The average Bonchev–Trinajstić information content (AvgIpc) is 3.27. The number of ether oxygens (including phenoxy) is 1. The quantitative estimate of drug-likeness (QED) is 0.322. The number of hydrogen-bond donors (Lipinski definition) is 0. The summed E-state index contributed by atoms with van der Waals surface area (Å²) in [5.74, 6) is -0.394. The predicted molar refractivity (Wildman–Crippen MR) is 123 cm³/mol. The lowest BCUT2D eigenvalue weighted by Gasteiger charge is -2.32. The Morgan fingerprint density at radius 2 is 1.65 bits per heavy atom. The maximum atomic E-state index is 13.9. The summed E-state index contributed by atoms with van der Waals surface area (Å²) in [5.41, 5.74) is 0.103. The van der Waals surface area contributed by atoms with Crippen molar-refractivity contribution < 1.29 is 24.1 Å². The van der Waals surface area contributed by atoms with Crippen molar-refractivity contribution in [2.24, 2.45) is 5.41 Å². The third kappa shape index (κ3) is 3.12. The second kappa shape index (κ2) is 7.96. The number of nitrogens with zero attached hydrogens (tertiary/aromatic N) is 3. The molecule has 2 aliphatic heterocycles. The van der Waals surface area contributed by atoms with Crippen LogP contribution in [0, 0.1) is 15.5 Å². The minimum atomic E-state index is -1.29. The summed E-state index contributed by atoms with van der Waals surface area (Å²) in [6.45, 7) is 1.70. The second-order valence-electron chi connectivity index (χ2n) is 8.36. The highest BCUT2D eigenvalue weighted by atomic mass is 16.7. The zero-order chi connectivity index (χ0) is 24.0. The van der Waals surface area contributed by atoms with Gasteiger partial charge in [0.05, 0.1) is 29.4 Å². The third-order valence-electron chi connectivity index (χ3n) is 6.42. The molecule has 3 aromatic carbocycles. The summed E-state index contributed by atoms with van der Waals surface area (Å²) in [5, 5.41) is 12.9. The lowest BCUT2D eigenvalue weighted by Crippen LogP contribution is -2.41. The first-order valence-corrected chi connectivity index (χ1v) is 10.6. The van der Waals surface area contributed by atoms with Crippen LogP contribution < -0.4 is 14.7 Å². The fourth-order valence-corrected chi connectivity index (χ4v) is 4.70. The number of nitro groups is 1. The highest BCUT2D eigenvalue weighted by Gasteiger charge is 2.68. The topological polar surface area (TPSA) is 102 Å². The van der Waals surface area contributed by atoms with Gasteiger partial charge in [0, 0.05) is 12.1 Å². The number of carbonyl (C=O) groups excluding carboxylic acids is 2. The Hall–Kier alpha value is -4.24. The molecule has 2 aliphatic rings. The van der Waals surface area contributed by atoms with Gasteiger partial charge in [0.15, 0.2) is 6.10 Å². The zero-order valence-electron chi connectivity index (χ0n) is 18.5. The van der Waals surface area contributed by atoms with Gasteiger partial charge in [-0.15, -0.1) is 0 Å². The van der Waals surface area contributed by atoms with Gasteiger partial charge in [0.2, 0.25) is 5.91 Å². The van der Waals surface area contributed by atoms with Gasteiger partial charge < -0.3 is 4.74 Å². The van der Waals surface area contributed by atoms with E-state index in [-0.39, 0.29) is 11.4 Å². The number of carbonyl (C=O) groups is 2. The summed E-state index contributed by atoms with van der Waals surface area (Å²) in [6.07, 6.45) is -1.11. The zero-order valence-corrected chi connectivity index (χ0v) is 18.5. The number of para-hydroxylation sites is 1. The molecular formula is C25H21N3O6. The molecule has 0 radical (unpaired) electrons. The maximum absolute atomic E-state index is 13.9. The number of anilines is 2. The number of non-ortho nitro benzene ring substituents is 1. The molecule has 0 N–H and O–H groups in total. The molecule has 9 nitrogen and oxygen atoms in total. The van der Waals surface area contributed by atoms with E-state index >= 15 is 0 Å². The number of hydroxylamine groups is 1. The Labute approximate surface area is 195 Å². The van der Waals surface area contributed by atoms with Crippen molar-refractivity contribution >= 4 is 28.9 Å². The highest BCUT2D eigenvalue weighted by Crippen LogP contribution is 2.55. The van der Waals surface area contributed by atoms with Crippen molar-refractivity contribution in [3.63, 3.8) is 0 Å². The maximum Gasteiger partial charge on any atom is 0.271 e. The number of methoxy groups -OCH3 is 1. The highest BCUT2D eigenvalue weighted by molar-refractivity contribution is 6.25. The van der Waals surface area contributed by atoms with Crippen molar-refractivity contribution in [3.8, 4) is 5.75 Å². The smallest absolute Gasteiger partial charge is 0.271 e. The van der Waals surface area contributed by atoms with Gasteiger partial charge in [-0.1, -0.05) is 36.4 Å². The monoisotopic (exact) mass is 459 g/mol. The molecule has 0 bridgehead atoms. The van der Waals surface area contributed by atoms with Crippen molar-refractivity contribution in [3.05, 3.63) is 94.5 Å². The number of benzene rings is 3. The SMILES string of the molecule is COc1ccc([C@@H]2N(c3ccccc3)O[C@H]3C(=O)N(c4cccc([N+](=O)[O-])c4)C(=O)[C@@]23C)cc1. The third-order valence-corrected chi connectivity index (χ3v) is 6.42. The molecule has 172 valence electrons. The minimum Gasteiger partial charge on any atom is -0.497 e. The van der Waals surface area contributed by atoms with Crippen molar-refractivity contribution in [2.75, 3.05) is 17.1 Å². The summed E-state index contributed by atoms with van der Waals surface area (Å²) in [7, 11) is 1.57. The molecule has 3 aromatic rings. The lowest BCUT2D eigenvalue weighted by atomic mass is 9.76. The molecule has 5 rings (SSSR count). The van der Waals surface area contributed by atoms with Gasteiger partial charge in [-0.3, -0.25) is 24.5 Å². The van der Waals surface area contributed by atoms with Crippen LogP contribution in [0.5, 0.6) is 5.75 Å². The van der Waals surface area contributed by atoms with Crippen molar-refractivity contribution in [2.45, 2.75) is 19.1 Å². The van der Waals surface area contributed by atoms with Crippen LogP contribution >= 0.6 is 0 Å². The van der Waals surface area contributed by atoms with Gasteiger partial charge in [0.25, 0.3) is 11.6 Å². The summed E-state index contributed by atoms with van der Waals surface area (Å²) in [4.78, 5) is 45.2. The Bertz CT molecular complexity index is 1280. The first-order valence-electron chi connectivity index (χ1n) is 10.6. The fraction of sp³-hybridized carbons (Fsp3) is 0.200. The van der Waals surface area contributed by atoms with E-state index in [0.29, 0.717) is 11.4 Å². The van der Waals surface area contributed by atoms with Gasteiger partial charge in [0.1, 0.15) is 11.2 Å². The number of amides is 2. The van der Waals surface area contributed by atoms with Crippen LogP contribution in [-0.2, 0) is 14.4 Å². The molecule has 0 aromatic heterocycles. The summed E-state index contributed by atoms with van der Waals surface area (Å²) < 4.78 is 5.27. The Morgan fingerprint density at radius 1 is 0.971 bits per heavy atom. The second-order valence-corrected chi connectivity index (χ2v) is 8.36. The van der Waals surface area contributed by atoms with E-state index in [1.165, 1.54) is 24.3 Å². The molecule has 2 amide bonds. The molecule has 0 aliphatic carbocycles. The first kappa shape index (κ1) is 21.6. The molecule has 2 saturated heterocycles. The van der Waals surface area contributed by atoms with Crippen molar-refractivity contribution in [1.82, 2.24) is 0 Å². The summed E-state index contributed by atoms with van der Waals surface area (Å²) in [6, 6.07) is 21.3. The van der Waals surface area contributed by atoms with Crippen LogP contribution in [0.1, 0.15) is 18.5 Å². The van der Waals surface area contributed by atoms with Crippen LogP contribution in [0.3, 0.4) is 0 Å². The van der Waals surface area contributed by atoms with E-state index in [1.807, 2.05) is 42.5 Å². The number of nitro benzene ring substituents is 1. The number of imide groups is 1. The Kier molecular flexibility index (Phi) is 5.06. The normalized spacial score (nSPS) is 23.8. The molecule has 2 fully saturated rings. The standard InChI is InChI=1S/C25H21N3O6/c1-25-21(16-11-13-20(33-2)14-12-16)27(17-7-4-3-5-8-17)34-22(25)23(29)26(24(25)30)18-9-6-10-19(15-18)28(31)32/h3-15,21-22H,1-2H3/t21-,22-,25-/m0/s1. The summed E-state index contributed by atoms with van der Waals surface area (Å²) >= 11 is 0. The van der Waals surface area contributed by atoms with Crippen LogP contribution in [0.4, 0.5) is 17.1 Å². The fourth-order valence-electron chi connectivity index (χ4n) is 4.70. The van der Waals surface area contributed by atoms with Crippen LogP contribution in [0.2, 0.25) is 0 Å². The molecule has 0 unspecified atom stereocenters. The molecule has 9 heteroatoms. The lowest BCUT2D eigenvalue weighted by molar-refractivity contribution is -0.384. The van der Waals surface area contributed by atoms with Crippen LogP contribution in [0.25, 0.3) is 0 Å². The minimum absolute atomic E-state index is 0.142. The van der Waals surface area contributed by atoms with Gasteiger partial charge in [-0.05, 0) is 42.8 Å². The van der Waals surface area contributed by atoms with E-state index in [2.05, 4.69) is 0 Å². The Balaban J connectivity index is 1.62. The van der Waals surface area contributed by atoms with E-state index in [9.17, 15) is 19.7 Å². The molecule has 0 saturated carbocycles. The van der Waals surface area contributed by atoms with E-state index in [1.54, 1.807) is 31.2 Å². The first-order chi connectivity index (χ1) is 16.4. The van der Waals surface area contributed by atoms with Crippen molar-refractivity contribution in [1.29, 1.82) is 0 Å². The molecule has 2 heterocycles. The van der Waals surface area contributed by atoms with Gasteiger partial charge in [-0.2, -0.15) is 0 Å². The van der Waals surface area contributed by atoms with E-state index in [4.69, 9.17) is 9.57 Å². The van der Waals surface area contributed by atoms with Crippen LogP contribution in [0.15, 0.2) is 78.9 Å². The molecular weight excluding hydrogens is 438 g/mol. The molecule has 0 spiro atoms. The molecule has 34 heavy (non-hydrogen) atoms. The largest absolute Gasteiger partial charge is 0.497 e. The van der Waals surface area contributed by atoms with E-state index in [0.717, 1.165) is 10.5 Å². The van der Waals surface area contributed by atoms with Gasteiger partial charge >= 0.3 is 0 Å².